The van der Waals surface area contributed by atoms with Gasteiger partial charge >= 0.3 is 0 Å². The van der Waals surface area contributed by atoms with Crippen molar-refractivity contribution in [3.05, 3.63) is 0 Å². The van der Waals surface area contributed by atoms with Gasteiger partial charge in [-0.1, -0.05) is 24.4 Å². The molecular weight excluding hydrogens is 274 g/mol. The number of likely N-dealkylation sites (N-methyl/N-ethyl adjacent to an activating group) is 1. The molecule has 8 heteroatoms. The first-order valence-electron chi connectivity index (χ1n) is 5.21. The van der Waals surface area contributed by atoms with E-state index in [1.54, 1.807) is 19.0 Å². The molecule has 0 aliphatic rings. The van der Waals surface area contributed by atoms with Crippen molar-refractivity contribution in [3.63, 3.8) is 0 Å². The van der Waals surface area contributed by atoms with E-state index in [9.17, 15) is 14.8 Å². The summed E-state index contributed by atoms with van der Waals surface area (Å²) in [4.78, 5) is 25.9. The number of carbonyl (C=O) groups excluding carboxylic acids is 2. The van der Waals surface area contributed by atoms with E-state index in [-0.39, 0.29) is 19.0 Å². The maximum atomic E-state index is 11.6. The third-order valence-corrected chi connectivity index (χ3v) is 2.39. The van der Waals surface area contributed by atoms with Crippen LogP contribution in [0.15, 0.2) is 0 Å². The molecule has 0 rings (SSSR count). The van der Waals surface area contributed by atoms with Crippen LogP contribution in [0.5, 0.6) is 0 Å². The zero-order valence-corrected chi connectivity index (χ0v) is 12.0. The van der Waals surface area contributed by atoms with Crippen molar-refractivity contribution in [2.45, 2.75) is 0 Å². The minimum absolute atomic E-state index is 0.0442. The number of amides is 2. The molecule has 0 heterocycles. The molecule has 0 saturated carbocycles. The van der Waals surface area contributed by atoms with Gasteiger partial charge in [-0.25, -0.2) is 5.06 Å². The van der Waals surface area contributed by atoms with Crippen LogP contribution in [0.4, 0.5) is 0 Å². The molecule has 0 radical (unpaired) electrons. The first-order chi connectivity index (χ1) is 8.42. The quantitative estimate of drug-likeness (QED) is 0.373. The standard InChI is InChI=1S/C10H17N3O3S2/c1-11(2)9(14)8-13(16)10(15)7-12(3-5-17)4-6-18/h5-6,16H,3-4,7-8H2,1-2H3. The molecule has 0 aliphatic carbocycles. The second kappa shape index (κ2) is 9.03. The SMILES string of the molecule is CN(C)C(=O)CN(O)C(=O)CN(CC=S)CC=S. The van der Waals surface area contributed by atoms with Crippen LogP contribution >= 0.6 is 24.4 Å². The molecule has 0 aromatic heterocycles. The second-order valence-corrected chi connectivity index (χ2v) is 4.43. The number of carbonyl (C=O) groups is 2. The van der Waals surface area contributed by atoms with Crippen molar-refractivity contribution in [3.8, 4) is 0 Å². The lowest BCUT2D eigenvalue weighted by Gasteiger charge is -2.21. The number of hydrogen-bond donors (Lipinski definition) is 1. The zero-order chi connectivity index (χ0) is 14.1. The number of nitrogens with zero attached hydrogens (tertiary/aromatic N) is 3. The molecule has 2 amide bonds. The van der Waals surface area contributed by atoms with Gasteiger partial charge in [0.25, 0.3) is 5.91 Å². The summed E-state index contributed by atoms with van der Waals surface area (Å²) < 4.78 is 0. The van der Waals surface area contributed by atoms with E-state index >= 15 is 0 Å². The van der Waals surface area contributed by atoms with Gasteiger partial charge < -0.3 is 4.90 Å². The van der Waals surface area contributed by atoms with Gasteiger partial charge in [0, 0.05) is 27.2 Å². The second-order valence-electron chi connectivity index (χ2n) is 3.77. The monoisotopic (exact) mass is 291 g/mol. The van der Waals surface area contributed by atoms with E-state index in [1.807, 2.05) is 0 Å². The fraction of sp³-hybridized carbons (Fsp3) is 0.600. The predicted octanol–water partition coefficient (Wildman–Crippen LogP) is -0.406. The summed E-state index contributed by atoms with van der Waals surface area (Å²) in [6.07, 6.45) is 0. The summed E-state index contributed by atoms with van der Waals surface area (Å²) in [6, 6.07) is 0. The van der Waals surface area contributed by atoms with Crippen molar-refractivity contribution in [2.75, 3.05) is 40.3 Å². The van der Waals surface area contributed by atoms with Crippen molar-refractivity contribution in [1.82, 2.24) is 14.9 Å². The minimum Gasteiger partial charge on any atom is -0.347 e. The van der Waals surface area contributed by atoms with Gasteiger partial charge in [-0.05, 0) is 10.7 Å². The van der Waals surface area contributed by atoms with Gasteiger partial charge in [-0.2, -0.15) is 0 Å². The molecule has 0 saturated heterocycles. The van der Waals surface area contributed by atoms with E-state index in [0.717, 1.165) is 0 Å². The minimum atomic E-state index is -0.570. The Labute approximate surface area is 117 Å². The topological polar surface area (TPSA) is 64.1 Å². The molecule has 0 unspecified atom stereocenters. The highest BCUT2D eigenvalue weighted by atomic mass is 32.1. The van der Waals surface area contributed by atoms with E-state index in [1.165, 1.54) is 15.6 Å². The predicted molar refractivity (Wildman–Crippen MR) is 75.9 cm³/mol. The van der Waals surface area contributed by atoms with Gasteiger partial charge in [0.1, 0.15) is 6.54 Å². The van der Waals surface area contributed by atoms with Crippen LogP contribution in [0.3, 0.4) is 0 Å². The molecule has 18 heavy (non-hydrogen) atoms. The summed E-state index contributed by atoms with van der Waals surface area (Å²) in [5, 5.41) is 12.8. The molecule has 0 aromatic rings. The van der Waals surface area contributed by atoms with E-state index < -0.39 is 5.91 Å². The van der Waals surface area contributed by atoms with Crippen LogP contribution in [0.2, 0.25) is 0 Å². The molecule has 102 valence electrons. The van der Waals surface area contributed by atoms with E-state index in [4.69, 9.17) is 24.4 Å². The molecule has 0 spiro atoms. The fourth-order valence-corrected chi connectivity index (χ4v) is 1.47. The molecule has 0 aliphatic heterocycles. The fourth-order valence-electron chi connectivity index (χ4n) is 1.05. The van der Waals surface area contributed by atoms with Gasteiger partial charge in [0.2, 0.25) is 5.91 Å². The van der Waals surface area contributed by atoms with Crippen molar-refractivity contribution < 1.29 is 14.8 Å². The Kier molecular flexibility index (Phi) is 8.55. The third kappa shape index (κ3) is 6.70. The average Bonchev–Trinajstić information content (AvgIpc) is 2.29. The average molecular weight is 291 g/mol. The summed E-state index contributed by atoms with van der Waals surface area (Å²) in [6.45, 7) is 0.402. The molecule has 0 bridgehead atoms. The third-order valence-electron chi connectivity index (χ3n) is 2.10. The lowest BCUT2D eigenvalue weighted by atomic mass is 10.4. The van der Waals surface area contributed by atoms with Crippen molar-refractivity contribution in [1.29, 1.82) is 0 Å². The number of hydrogen-bond acceptors (Lipinski definition) is 6. The largest absolute Gasteiger partial charge is 0.347 e. The lowest BCUT2D eigenvalue weighted by Crippen LogP contribution is -2.44. The van der Waals surface area contributed by atoms with Gasteiger partial charge in [-0.3, -0.25) is 19.7 Å². The number of hydroxylamine groups is 2. The molecule has 1 N–H and O–H groups in total. The Morgan fingerprint density at radius 1 is 1.06 bits per heavy atom. The summed E-state index contributed by atoms with van der Waals surface area (Å²) in [5.41, 5.74) is 0. The van der Waals surface area contributed by atoms with Crippen LogP contribution in [-0.2, 0) is 9.59 Å². The Morgan fingerprint density at radius 3 is 1.94 bits per heavy atom. The summed E-state index contributed by atoms with van der Waals surface area (Å²) in [5.74, 6) is -0.930. The Balaban J connectivity index is 4.31. The summed E-state index contributed by atoms with van der Waals surface area (Å²) in [7, 11) is 3.09. The highest BCUT2D eigenvalue weighted by Crippen LogP contribution is 1.92. The number of rotatable bonds is 8. The van der Waals surface area contributed by atoms with Crippen molar-refractivity contribution in [2.24, 2.45) is 0 Å². The van der Waals surface area contributed by atoms with Gasteiger partial charge in [0.15, 0.2) is 0 Å². The van der Waals surface area contributed by atoms with Crippen LogP contribution in [-0.4, -0.2) is 82.9 Å². The molecule has 0 atom stereocenters. The maximum Gasteiger partial charge on any atom is 0.260 e. The van der Waals surface area contributed by atoms with Gasteiger partial charge in [0.05, 0.1) is 6.54 Å². The van der Waals surface area contributed by atoms with Crippen LogP contribution < -0.4 is 0 Å². The molecule has 0 fully saturated rings. The first-order valence-corrected chi connectivity index (χ1v) is 6.15. The van der Waals surface area contributed by atoms with Gasteiger partial charge in [-0.15, -0.1) is 0 Å². The first kappa shape index (κ1) is 17.0. The summed E-state index contributed by atoms with van der Waals surface area (Å²) >= 11 is 9.40. The Bertz CT molecular complexity index is 313. The van der Waals surface area contributed by atoms with Crippen LogP contribution in [0.1, 0.15) is 0 Å². The highest BCUT2D eigenvalue weighted by molar-refractivity contribution is 7.79. The Hall–Kier alpha value is -0.960. The molecular formula is C10H17N3O3S2. The van der Waals surface area contributed by atoms with E-state index in [0.29, 0.717) is 18.2 Å². The van der Waals surface area contributed by atoms with Crippen LogP contribution in [0, 0.1) is 0 Å². The Morgan fingerprint density at radius 2 is 1.56 bits per heavy atom. The maximum absolute atomic E-state index is 11.6. The van der Waals surface area contributed by atoms with Crippen molar-refractivity contribution >= 4 is 47.0 Å². The number of thiocarbonyl (C=S) groups is 2. The highest BCUT2D eigenvalue weighted by Gasteiger charge is 2.18. The smallest absolute Gasteiger partial charge is 0.260 e. The normalized spacial score (nSPS) is 10.0. The zero-order valence-electron chi connectivity index (χ0n) is 10.4. The lowest BCUT2D eigenvalue weighted by molar-refractivity contribution is -0.171. The van der Waals surface area contributed by atoms with Crippen LogP contribution in [0.25, 0.3) is 0 Å². The molecule has 6 nitrogen and oxygen atoms in total. The molecule has 0 aromatic carbocycles. The van der Waals surface area contributed by atoms with E-state index in [2.05, 4.69) is 0 Å².